The third-order valence-corrected chi connectivity index (χ3v) is 3.09. The van der Waals surface area contributed by atoms with Gasteiger partial charge in [-0.05, 0) is 53.2 Å². The van der Waals surface area contributed by atoms with Crippen LogP contribution in [0.5, 0.6) is 6.01 Å². The van der Waals surface area contributed by atoms with Gasteiger partial charge in [-0.1, -0.05) is 12.1 Å². The normalized spacial score (nSPS) is 10.2. The van der Waals surface area contributed by atoms with E-state index in [1.54, 1.807) is 0 Å². The minimum absolute atomic E-state index is 0.0990. The molecule has 0 saturated heterocycles. The number of rotatable bonds is 4. The smallest absolute Gasteiger partial charge is 0.322 e. The highest BCUT2D eigenvalue weighted by Crippen LogP contribution is 2.21. The lowest BCUT2D eigenvalue weighted by molar-refractivity contribution is 0.312. The first-order valence-corrected chi connectivity index (χ1v) is 6.70. The van der Waals surface area contributed by atoms with Crippen LogP contribution in [0.25, 0.3) is 0 Å². The Morgan fingerprint density at radius 1 is 1.28 bits per heavy atom. The molecule has 1 N–H and O–H groups in total. The van der Waals surface area contributed by atoms with E-state index in [2.05, 4.69) is 42.9 Å². The van der Waals surface area contributed by atoms with Gasteiger partial charge in [-0.25, -0.2) is 0 Å². The van der Waals surface area contributed by atoms with Crippen LogP contribution in [0.1, 0.15) is 6.92 Å². The summed E-state index contributed by atoms with van der Waals surface area (Å²) in [4.78, 5) is 12.0. The van der Waals surface area contributed by atoms with Gasteiger partial charge in [0.25, 0.3) is 0 Å². The predicted octanol–water partition coefficient (Wildman–Crippen LogP) is 3.27. The average molecular weight is 377 g/mol. The molecule has 18 heavy (non-hydrogen) atoms. The Kier molecular flexibility index (Phi) is 4.54. The second-order valence-electron chi connectivity index (χ2n) is 3.25. The summed E-state index contributed by atoms with van der Waals surface area (Å²) in [6, 6.07) is 8.01. The third-order valence-electron chi connectivity index (χ3n) is 1.98. The van der Waals surface area contributed by atoms with Gasteiger partial charge in [0.2, 0.25) is 11.2 Å². The Bertz CT molecular complexity index is 552. The molecule has 0 saturated carbocycles. The fourth-order valence-electron chi connectivity index (χ4n) is 1.26. The van der Waals surface area contributed by atoms with Crippen molar-refractivity contribution in [2.75, 3.05) is 11.9 Å². The van der Waals surface area contributed by atoms with Gasteiger partial charge in [0.1, 0.15) is 0 Å². The molecule has 0 radical (unpaired) electrons. The van der Waals surface area contributed by atoms with Crippen molar-refractivity contribution in [3.8, 4) is 6.01 Å². The summed E-state index contributed by atoms with van der Waals surface area (Å²) in [5.41, 5.74) is 0.905. The second-order valence-corrected chi connectivity index (χ2v) is 4.75. The van der Waals surface area contributed by atoms with Crippen LogP contribution >= 0.6 is 34.2 Å². The van der Waals surface area contributed by atoms with Crippen molar-refractivity contribution in [2.45, 2.75) is 6.92 Å². The molecule has 0 aliphatic heterocycles. The Morgan fingerprint density at radius 2 is 2.06 bits per heavy atom. The molecular weight excluding hydrogens is 367 g/mol. The van der Waals surface area contributed by atoms with Crippen LogP contribution in [-0.2, 0) is 0 Å². The van der Waals surface area contributed by atoms with Crippen molar-refractivity contribution in [1.82, 2.24) is 15.0 Å². The molecule has 0 aliphatic rings. The van der Waals surface area contributed by atoms with Crippen molar-refractivity contribution in [2.24, 2.45) is 0 Å². The van der Waals surface area contributed by atoms with E-state index < -0.39 is 0 Å². The van der Waals surface area contributed by atoms with Crippen LogP contribution < -0.4 is 10.1 Å². The van der Waals surface area contributed by atoms with Crippen LogP contribution in [0.3, 0.4) is 0 Å². The van der Waals surface area contributed by atoms with Gasteiger partial charge in [0, 0.05) is 3.57 Å². The molecule has 2 rings (SSSR count). The number of halogens is 2. The summed E-state index contributed by atoms with van der Waals surface area (Å²) in [7, 11) is 0. The first-order valence-electron chi connectivity index (χ1n) is 5.25. The van der Waals surface area contributed by atoms with E-state index in [1.807, 2.05) is 31.2 Å². The van der Waals surface area contributed by atoms with Gasteiger partial charge in [-0.15, -0.1) is 0 Å². The van der Waals surface area contributed by atoms with Gasteiger partial charge < -0.3 is 10.1 Å². The van der Waals surface area contributed by atoms with E-state index >= 15 is 0 Å². The van der Waals surface area contributed by atoms with E-state index in [1.165, 1.54) is 0 Å². The van der Waals surface area contributed by atoms with Crippen LogP contribution in [-0.4, -0.2) is 21.6 Å². The minimum Gasteiger partial charge on any atom is -0.464 e. The van der Waals surface area contributed by atoms with E-state index in [9.17, 15) is 0 Å². The second kappa shape index (κ2) is 6.14. The quantitative estimate of drug-likeness (QED) is 0.830. The molecule has 0 amide bonds. The van der Waals surface area contributed by atoms with Gasteiger partial charge in [-0.2, -0.15) is 15.0 Å². The molecule has 0 unspecified atom stereocenters. The zero-order valence-electron chi connectivity index (χ0n) is 9.52. The number of benzene rings is 1. The lowest BCUT2D eigenvalue weighted by atomic mass is 10.3. The lowest BCUT2D eigenvalue weighted by Gasteiger charge is -2.08. The van der Waals surface area contributed by atoms with Crippen LogP contribution in [0.2, 0.25) is 5.28 Å². The fraction of sp³-hybridized carbons (Fsp3) is 0.182. The molecule has 0 aliphatic carbocycles. The molecule has 7 heteroatoms. The zero-order valence-corrected chi connectivity index (χ0v) is 12.4. The standard InChI is InChI=1S/C11H10ClIN4O/c1-2-18-11-16-9(12)15-10(17-11)14-8-6-4-3-5-7(8)13/h3-6H,2H2,1H3,(H,14,15,16,17). The average Bonchev–Trinajstić information content (AvgIpc) is 2.32. The van der Waals surface area contributed by atoms with Crippen LogP contribution in [0.4, 0.5) is 11.6 Å². The van der Waals surface area contributed by atoms with E-state index in [0.717, 1.165) is 9.26 Å². The van der Waals surface area contributed by atoms with E-state index in [-0.39, 0.29) is 11.3 Å². The Morgan fingerprint density at radius 3 is 2.78 bits per heavy atom. The maximum Gasteiger partial charge on any atom is 0.322 e. The maximum absolute atomic E-state index is 5.81. The molecule has 94 valence electrons. The molecule has 1 heterocycles. The van der Waals surface area contributed by atoms with Crippen molar-refractivity contribution in [3.05, 3.63) is 33.1 Å². The summed E-state index contributed by atoms with van der Waals surface area (Å²) in [6.07, 6.45) is 0. The van der Waals surface area contributed by atoms with E-state index in [0.29, 0.717) is 12.6 Å². The number of nitrogens with zero attached hydrogens (tertiary/aromatic N) is 3. The zero-order chi connectivity index (χ0) is 13.0. The van der Waals surface area contributed by atoms with Crippen molar-refractivity contribution >= 4 is 45.8 Å². The van der Waals surface area contributed by atoms with Crippen molar-refractivity contribution in [3.63, 3.8) is 0 Å². The Labute approximate surface area is 123 Å². The third kappa shape index (κ3) is 3.42. The summed E-state index contributed by atoms with van der Waals surface area (Å²) in [6.45, 7) is 2.33. The highest BCUT2D eigenvalue weighted by Gasteiger charge is 2.07. The monoisotopic (exact) mass is 376 g/mol. The molecule has 0 bridgehead atoms. The predicted molar refractivity (Wildman–Crippen MR) is 78.4 cm³/mol. The number of anilines is 2. The number of hydrogen-bond donors (Lipinski definition) is 1. The van der Waals surface area contributed by atoms with Crippen molar-refractivity contribution in [1.29, 1.82) is 0 Å². The molecule has 5 nitrogen and oxygen atoms in total. The molecule has 0 spiro atoms. The van der Waals surface area contributed by atoms with Crippen LogP contribution in [0, 0.1) is 3.57 Å². The fourth-order valence-corrected chi connectivity index (χ4v) is 1.94. The Balaban J connectivity index is 2.26. The number of aromatic nitrogens is 3. The highest BCUT2D eigenvalue weighted by molar-refractivity contribution is 14.1. The van der Waals surface area contributed by atoms with Gasteiger partial charge >= 0.3 is 6.01 Å². The van der Waals surface area contributed by atoms with Crippen molar-refractivity contribution < 1.29 is 4.74 Å². The first-order chi connectivity index (χ1) is 8.69. The molecule has 0 fully saturated rings. The first kappa shape index (κ1) is 13.3. The van der Waals surface area contributed by atoms with Gasteiger partial charge in [-0.3, -0.25) is 0 Å². The van der Waals surface area contributed by atoms with Crippen LogP contribution in [0.15, 0.2) is 24.3 Å². The highest BCUT2D eigenvalue weighted by atomic mass is 127. The lowest BCUT2D eigenvalue weighted by Crippen LogP contribution is -2.04. The number of ether oxygens (including phenoxy) is 1. The van der Waals surface area contributed by atoms with Gasteiger partial charge in [0.05, 0.1) is 12.3 Å². The SMILES string of the molecule is CCOc1nc(Cl)nc(Nc2ccccc2I)n1. The summed E-state index contributed by atoms with van der Waals surface area (Å²) in [5.74, 6) is 0.363. The summed E-state index contributed by atoms with van der Waals surface area (Å²) >= 11 is 8.03. The molecular formula is C11H10ClIN4O. The summed E-state index contributed by atoms with van der Waals surface area (Å²) < 4.78 is 6.27. The minimum atomic E-state index is 0.0990. The largest absolute Gasteiger partial charge is 0.464 e. The van der Waals surface area contributed by atoms with E-state index in [4.69, 9.17) is 16.3 Å². The topological polar surface area (TPSA) is 59.9 Å². The van der Waals surface area contributed by atoms with Gasteiger partial charge in [0.15, 0.2) is 0 Å². The Hall–Kier alpha value is -1.15. The molecule has 2 aromatic rings. The molecule has 1 aromatic carbocycles. The maximum atomic E-state index is 5.81. The number of hydrogen-bond acceptors (Lipinski definition) is 5. The number of nitrogens with one attached hydrogen (secondary N) is 1. The number of para-hydroxylation sites is 1. The molecule has 0 atom stereocenters. The molecule has 1 aromatic heterocycles. The summed E-state index contributed by atoms with van der Waals surface area (Å²) in [5, 5.41) is 3.18.